The molecule has 24 heavy (non-hydrogen) atoms. The van der Waals surface area contributed by atoms with E-state index in [9.17, 15) is 5.11 Å². The molecule has 0 unspecified atom stereocenters. The maximum atomic E-state index is 9.52. The molecule has 2 aromatic rings. The van der Waals surface area contributed by atoms with Gasteiger partial charge in [0.15, 0.2) is 5.96 Å². The van der Waals surface area contributed by atoms with E-state index in [1.54, 1.807) is 12.1 Å². The first kappa shape index (κ1) is 17.7. The molecule has 0 heterocycles. The van der Waals surface area contributed by atoms with E-state index in [1.165, 1.54) is 0 Å². The summed E-state index contributed by atoms with van der Waals surface area (Å²) in [4.78, 5) is 6.65. The summed E-state index contributed by atoms with van der Waals surface area (Å²) >= 11 is 0. The highest BCUT2D eigenvalue weighted by molar-refractivity contribution is 5.79. The SMILES string of the molecule is CCNC(=NCc1cccc(O)c1)N(C)CCOc1ccccc1. The second kappa shape index (κ2) is 9.45. The molecule has 0 saturated heterocycles. The van der Waals surface area contributed by atoms with E-state index >= 15 is 0 Å². The van der Waals surface area contributed by atoms with Crippen LogP contribution in [0.15, 0.2) is 59.6 Å². The maximum Gasteiger partial charge on any atom is 0.194 e. The van der Waals surface area contributed by atoms with Crippen LogP contribution in [0.3, 0.4) is 0 Å². The third-order valence-electron chi connectivity index (χ3n) is 3.46. The van der Waals surface area contributed by atoms with Crippen molar-refractivity contribution >= 4 is 5.96 Å². The largest absolute Gasteiger partial charge is 0.508 e. The Kier molecular flexibility index (Phi) is 6.95. The average molecular weight is 327 g/mol. The van der Waals surface area contributed by atoms with Gasteiger partial charge in [-0.15, -0.1) is 0 Å². The van der Waals surface area contributed by atoms with Crippen molar-refractivity contribution in [2.24, 2.45) is 4.99 Å². The van der Waals surface area contributed by atoms with Crippen LogP contribution in [0.25, 0.3) is 0 Å². The molecule has 2 aromatic carbocycles. The zero-order chi connectivity index (χ0) is 17.2. The molecule has 0 aliphatic rings. The van der Waals surface area contributed by atoms with Gasteiger partial charge in [-0.05, 0) is 36.8 Å². The van der Waals surface area contributed by atoms with Gasteiger partial charge in [-0.1, -0.05) is 30.3 Å². The lowest BCUT2D eigenvalue weighted by Crippen LogP contribution is -2.40. The molecule has 0 spiro atoms. The van der Waals surface area contributed by atoms with Crippen LogP contribution in [0.2, 0.25) is 0 Å². The Morgan fingerprint density at radius 3 is 2.67 bits per heavy atom. The normalized spacial score (nSPS) is 11.2. The van der Waals surface area contributed by atoms with Crippen molar-refractivity contribution in [1.82, 2.24) is 10.2 Å². The van der Waals surface area contributed by atoms with Gasteiger partial charge in [0, 0.05) is 13.6 Å². The topological polar surface area (TPSA) is 57.1 Å². The van der Waals surface area contributed by atoms with Crippen molar-refractivity contribution in [2.75, 3.05) is 26.7 Å². The summed E-state index contributed by atoms with van der Waals surface area (Å²) in [5, 5.41) is 12.8. The minimum atomic E-state index is 0.261. The number of para-hydroxylation sites is 1. The molecule has 0 aliphatic carbocycles. The van der Waals surface area contributed by atoms with Crippen molar-refractivity contribution in [1.29, 1.82) is 0 Å². The van der Waals surface area contributed by atoms with Gasteiger partial charge in [0.1, 0.15) is 18.1 Å². The molecule has 0 radical (unpaired) electrons. The Bertz CT molecular complexity index is 644. The molecular weight excluding hydrogens is 302 g/mol. The average Bonchev–Trinajstić information content (AvgIpc) is 2.59. The molecule has 0 atom stereocenters. The van der Waals surface area contributed by atoms with E-state index in [0.717, 1.165) is 30.4 Å². The summed E-state index contributed by atoms with van der Waals surface area (Å²) < 4.78 is 5.73. The molecule has 0 fully saturated rings. The second-order valence-electron chi connectivity index (χ2n) is 5.42. The number of phenolic OH excluding ortho intramolecular Hbond substituents is 1. The maximum absolute atomic E-state index is 9.52. The van der Waals surface area contributed by atoms with Crippen LogP contribution in [0.1, 0.15) is 12.5 Å². The number of likely N-dealkylation sites (N-methyl/N-ethyl adjacent to an activating group) is 1. The third-order valence-corrected chi connectivity index (χ3v) is 3.46. The number of aromatic hydroxyl groups is 1. The monoisotopic (exact) mass is 327 g/mol. The number of hydrogen-bond donors (Lipinski definition) is 2. The first-order chi connectivity index (χ1) is 11.7. The standard InChI is InChI=1S/C19H25N3O2/c1-3-20-19(21-15-16-8-7-9-17(23)14-16)22(2)12-13-24-18-10-5-4-6-11-18/h4-11,14,23H,3,12-13,15H2,1-2H3,(H,20,21). The predicted molar refractivity (Wildman–Crippen MR) is 97.5 cm³/mol. The number of ether oxygens (including phenoxy) is 1. The molecule has 0 saturated carbocycles. The van der Waals surface area contributed by atoms with Gasteiger partial charge >= 0.3 is 0 Å². The Morgan fingerprint density at radius 1 is 1.17 bits per heavy atom. The molecule has 5 heteroatoms. The van der Waals surface area contributed by atoms with E-state index in [2.05, 4.69) is 10.3 Å². The molecule has 2 N–H and O–H groups in total. The molecule has 0 amide bonds. The van der Waals surface area contributed by atoms with Gasteiger partial charge in [0.05, 0.1) is 13.1 Å². The summed E-state index contributed by atoms with van der Waals surface area (Å²) in [6.07, 6.45) is 0. The Morgan fingerprint density at radius 2 is 1.96 bits per heavy atom. The van der Waals surface area contributed by atoms with Gasteiger partial charge in [-0.3, -0.25) is 0 Å². The minimum absolute atomic E-state index is 0.261. The number of hydrogen-bond acceptors (Lipinski definition) is 3. The number of phenols is 1. The minimum Gasteiger partial charge on any atom is -0.508 e. The highest BCUT2D eigenvalue weighted by Crippen LogP contribution is 2.12. The Balaban J connectivity index is 1.89. The summed E-state index contributed by atoms with van der Waals surface area (Å²) in [5.41, 5.74) is 0.972. The molecular formula is C19H25N3O2. The van der Waals surface area contributed by atoms with Crippen LogP contribution in [0.4, 0.5) is 0 Å². The first-order valence-corrected chi connectivity index (χ1v) is 8.14. The van der Waals surface area contributed by atoms with E-state index in [1.807, 2.05) is 61.3 Å². The number of nitrogens with zero attached hydrogens (tertiary/aromatic N) is 2. The van der Waals surface area contributed by atoms with Crippen LogP contribution in [-0.2, 0) is 6.54 Å². The Hall–Kier alpha value is -2.69. The number of nitrogens with one attached hydrogen (secondary N) is 1. The lowest BCUT2D eigenvalue weighted by molar-refractivity contribution is 0.281. The fourth-order valence-corrected chi connectivity index (χ4v) is 2.21. The fraction of sp³-hybridized carbons (Fsp3) is 0.316. The van der Waals surface area contributed by atoms with Crippen molar-refractivity contribution in [3.63, 3.8) is 0 Å². The first-order valence-electron chi connectivity index (χ1n) is 8.14. The molecule has 2 rings (SSSR count). The highest BCUT2D eigenvalue weighted by Gasteiger charge is 2.06. The van der Waals surface area contributed by atoms with Crippen molar-refractivity contribution in [2.45, 2.75) is 13.5 Å². The van der Waals surface area contributed by atoms with Crippen LogP contribution in [-0.4, -0.2) is 42.7 Å². The summed E-state index contributed by atoms with van der Waals surface area (Å²) in [7, 11) is 1.98. The van der Waals surface area contributed by atoms with E-state index < -0.39 is 0 Å². The molecule has 128 valence electrons. The molecule has 0 aromatic heterocycles. The lowest BCUT2D eigenvalue weighted by Gasteiger charge is -2.22. The second-order valence-corrected chi connectivity index (χ2v) is 5.42. The van der Waals surface area contributed by atoms with Crippen molar-refractivity contribution in [3.05, 3.63) is 60.2 Å². The smallest absolute Gasteiger partial charge is 0.194 e. The number of rotatable bonds is 7. The van der Waals surface area contributed by atoms with Gasteiger partial charge < -0.3 is 20.1 Å². The summed E-state index contributed by atoms with van der Waals surface area (Å²) in [6.45, 7) is 4.65. The van der Waals surface area contributed by atoms with Crippen molar-refractivity contribution < 1.29 is 9.84 Å². The van der Waals surface area contributed by atoms with E-state index in [0.29, 0.717) is 13.2 Å². The highest BCUT2D eigenvalue weighted by atomic mass is 16.5. The van der Waals surface area contributed by atoms with Gasteiger partial charge in [-0.2, -0.15) is 0 Å². The molecule has 0 aliphatic heterocycles. The van der Waals surface area contributed by atoms with Crippen molar-refractivity contribution in [3.8, 4) is 11.5 Å². The lowest BCUT2D eigenvalue weighted by atomic mass is 10.2. The van der Waals surface area contributed by atoms with Gasteiger partial charge in [0.2, 0.25) is 0 Å². The van der Waals surface area contributed by atoms with Crippen LogP contribution >= 0.6 is 0 Å². The summed E-state index contributed by atoms with van der Waals surface area (Å²) in [5.74, 6) is 1.95. The fourth-order valence-electron chi connectivity index (χ4n) is 2.21. The quantitative estimate of drug-likeness (QED) is 0.606. The van der Waals surface area contributed by atoms with E-state index in [-0.39, 0.29) is 5.75 Å². The van der Waals surface area contributed by atoms with Crippen LogP contribution in [0.5, 0.6) is 11.5 Å². The molecule has 0 bridgehead atoms. The zero-order valence-electron chi connectivity index (χ0n) is 14.3. The number of guanidine groups is 1. The predicted octanol–water partition coefficient (Wildman–Crippen LogP) is 2.87. The van der Waals surface area contributed by atoms with E-state index in [4.69, 9.17) is 4.74 Å². The number of aliphatic imine (C=N–C) groups is 1. The Labute approximate surface area is 143 Å². The van der Waals surface area contributed by atoms with Crippen LogP contribution in [0, 0.1) is 0 Å². The van der Waals surface area contributed by atoms with Crippen LogP contribution < -0.4 is 10.1 Å². The van der Waals surface area contributed by atoms with Gasteiger partial charge in [-0.25, -0.2) is 4.99 Å². The molecule has 5 nitrogen and oxygen atoms in total. The third kappa shape index (κ3) is 5.83. The van der Waals surface area contributed by atoms with Gasteiger partial charge in [0.25, 0.3) is 0 Å². The zero-order valence-corrected chi connectivity index (χ0v) is 14.3. The number of benzene rings is 2. The summed E-state index contributed by atoms with van der Waals surface area (Å²) in [6, 6.07) is 16.9.